The minimum absolute atomic E-state index is 0. The summed E-state index contributed by atoms with van der Waals surface area (Å²) in [7, 11) is 1.63. The van der Waals surface area contributed by atoms with Crippen LogP contribution in [-0.4, -0.2) is 18.1 Å². The summed E-state index contributed by atoms with van der Waals surface area (Å²) < 4.78 is 5.06. The van der Waals surface area contributed by atoms with Gasteiger partial charge in [0.25, 0.3) is 0 Å². The van der Waals surface area contributed by atoms with Crippen LogP contribution in [0.2, 0.25) is 0 Å². The van der Waals surface area contributed by atoms with Gasteiger partial charge in [0.15, 0.2) is 0 Å². The van der Waals surface area contributed by atoms with Gasteiger partial charge in [0.05, 0.1) is 13.3 Å². The summed E-state index contributed by atoms with van der Waals surface area (Å²) in [6.45, 7) is 1.98. The molecule has 1 aromatic rings. The van der Waals surface area contributed by atoms with Gasteiger partial charge in [-0.3, -0.25) is 4.98 Å². The maximum Gasteiger partial charge on any atom is 0.137 e. The first-order valence-corrected chi connectivity index (χ1v) is 4.63. The van der Waals surface area contributed by atoms with E-state index in [0.29, 0.717) is 0 Å². The lowest BCUT2D eigenvalue weighted by Gasteiger charge is -2.00. The predicted octanol–water partition coefficient (Wildman–Crippen LogP) is 2.68. The molecule has 16 heavy (non-hydrogen) atoms. The van der Waals surface area contributed by atoms with Crippen molar-refractivity contribution >= 4 is 30.9 Å². The molecule has 0 amide bonds. The zero-order valence-electron chi connectivity index (χ0n) is 9.42. The van der Waals surface area contributed by atoms with Crippen molar-refractivity contribution in [3.05, 3.63) is 30.1 Å². The van der Waals surface area contributed by atoms with Gasteiger partial charge in [-0.15, -0.1) is 24.8 Å². The Labute approximate surface area is 109 Å². The predicted molar refractivity (Wildman–Crippen MR) is 72.6 cm³/mol. The van der Waals surface area contributed by atoms with E-state index < -0.39 is 0 Å². The Morgan fingerprint density at radius 1 is 1.44 bits per heavy atom. The number of halogens is 2. The molecule has 0 radical (unpaired) electrons. The van der Waals surface area contributed by atoms with Crippen LogP contribution in [0.3, 0.4) is 0 Å². The maximum atomic E-state index is 5.62. The van der Waals surface area contributed by atoms with Crippen molar-refractivity contribution in [1.29, 1.82) is 0 Å². The smallest absolute Gasteiger partial charge is 0.137 e. The van der Waals surface area contributed by atoms with E-state index in [4.69, 9.17) is 10.5 Å². The van der Waals surface area contributed by atoms with Gasteiger partial charge < -0.3 is 10.5 Å². The van der Waals surface area contributed by atoms with Crippen molar-refractivity contribution in [2.75, 3.05) is 7.11 Å². The summed E-state index contributed by atoms with van der Waals surface area (Å²) in [5.41, 5.74) is 6.65. The fourth-order valence-corrected chi connectivity index (χ4v) is 1.06. The molecule has 0 saturated heterocycles. The lowest BCUT2D eigenvalue weighted by atomic mass is 10.2. The number of rotatable bonds is 4. The second-order valence-electron chi connectivity index (χ2n) is 3.27. The van der Waals surface area contributed by atoms with E-state index in [-0.39, 0.29) is 30.9 Å². The van der Waals surface area contributed by atoms with Gasteiger partial charge in [-0.1, -0.05) is 12.2 Å². The average molecular weight is 265 g/mol. The van der Waals surface area contributed by atoms with Crippen LogP contribution in [0.4, 0.5) is 0 Å². The molecule has 5 heteroatoms. The molecule has 0 spiro atoms. The van der Waals surface area contributed by atoms with Crippen molar-refractivity contribution in [2.45, 2.75) is 19.4 Å². The minimum atomic E-state index is 0. The van der Waals surface area contributed by atoms with Crippen LogP contribution >= 0.6 is 24.8 Å². The van der Waals surface area contributed by atoms with Gasteiger partial charge in [0.2, 0.25) is 0 Å². The Morgan fingerprint density at radius 2 is 2.12 bits per heavy atom. The largest absolute Gasteiger partial charge is 0.495 e. The first-order chi connectivity index (χ1) is 6.72. The summed E-state index contributed by atoms with van der Waals surface area (Å²) in [6, 6.07) is 2.13. The first kappa shape index (κ1) is 17.6. The van der Waals surface area contributed by atoms with Crippen molar-refractivity contribution < 1.29 is 4.74 Å². The summed E-state index contributed by atoms with van der Waals surface area (Å²) in [5, 5.41) is 0. The van der Waals surface area contributed by atoms with E-state index >= 15 is 0 Å². The maximum absolute atomic E-state index is 5.62. The molecule has 0 saturated carbocycles. The molecule has 0 aliphatic carbocycles. The number of methoxy groups -OCH3 is 1. The van der Waals surface area contributed by atoms with E-state index in [1.807, 2.05) is 25.1 Å². The molecule has 0 bridgehead atoms. The zero-order chi connectivity index (χ0) is 10.4. The highest BCUT2D eigenvalue weighted by atomic mass is 35.5. The SMILES string of the molecule is COc1cncc(/C=C/C[C@H](C)N)c1.Cl.Cl. The third-order valence-corrected chi connectivity index (χ3v) is 1.79. The molecule has 1 aromatic heterocycles. The van der Waals surface area contributed by atoms with Crippen molar-refractivity contribution in [1.82, 2.24) is 4.98 Å². The van der Waals surface area contributed by atoms with Gasteiger partial charge in [0, 0.05) is 12.2 Å². The van der Waals surface area contributed by atoms with Crippen LogP contribution < -0.4 is 10.5 Å². The molecule has 0 fully saturated rings. The minimum Gasteiger partial charge on any atom is -0.495 e. The Balaban J connectivity index is 0. The highest BCUT2D eigenvalue weighted by molar-refractivity contribution is 5.85. The van der Waals surface area contributed by atoms with Crippen LogP contribution in [0.5, 0.6) is 5.75 Å². The zero-order valence-corrected chi connectivity index (χ0v) is 11.1. The Bertz CT molecular complexity index is 317. The molecular weight excluding hydrogens is 247 g/mol. The number of pyridine rings is 1. The van der Waals surface area contributed by atoms with E-state index in [1.54, 1.807) is 19.5 Å². The fourth-order valence-electron chi connectivity index (χ4n) is 1.06. The Hall–Kier alpha value is -0.770. The fraction of sp³-hybridized carbons (Fsp3) is 0.364. The number of hydrogen-bond acceptors (Lipinski definition) is 3. The van der Waals surface area contributed by atoms with Crippen molar-refractivity contribution in [3.63, 3.8) is 0 Å². The number of nitrogens with zero attached hydrogens (tertiary/aromatic N) is 1. The van der Waals surface area contributed by atoms with Gasteiger partial charge in [-0.25, -0.2) is 0 Å². The van der Waals surface area contributed by atoms with E-state index in [2.05, 4.69) is 4.98 Å². The van der Waals surface area contributed by atoms with E-state index in [0.717, 1.165) is 17.7 Å². The molecule has 0 unspecified atom stereocenters. The molecule has 0 aliphatic heterocycles. The van der Waals surface area contributed by atoms with Crippen LogP contribution in [0.15, 0.2) is 24.5 Å². The van der Waals surface area contributed by atoms with Crippen molar-refractivity contribution in [3.8, 4) is 5.75 Å². The van der Waals surface area contributed by atoms with Gasteiger partial charge in [0.1, 0.15) is 5.75 Å². The van der Waals surface area contributed by atoms with E-state index in [1.165, 1.54) is 0 Å². The van der Waals surface area contributed by atoms with Crippen LogP contribution in [-0.2, 0) is 0 Å². The molecule has 2 N–H and O–H groups in total. The molecule has 1 heterocycles. The number of aromatic nitrogens is 1. The third kappa shape index (κ3) is 6.67. The highest BCUT2D eigenvalue weighted by Crippen LogP contribution is 2.11. The second kappa shape index (κ2) is 9.46. The lowest BCUT2D eigenvalue weighted by molar-refractivity contribution is 0.413. The highest BCUT2D eigenvalue weighted by Gasteiger charge is 1.93. The quantitative estimate of drug-likeness (QED) is 0.910. The topological polar surface area (TPSA) is 48.1 Å². The molecule has 0 aliphatic rings. The third-order valence-electron chi connectivity index (χ3n) is 1.79. The molecule has 1 atom stereocenters. The molecule has 0 aromatic carbocycles. The standard InChI is InChI=1S/C11H16N2O.2ClH/c1-9(12)4-3-5-10-6-11(14-2)8-13-7-10;;/h3,5-9H,4,12H2,1-2H3;2*1H/b5-3+;;/t9-;;/m0../s1. The number of ether oxygens (including phenoxy) is 1. The van der Waals surface area contributed by atoms with Crippen LogP contribution in [0, 0.1) is 0 Å². The van der Waals surface area contributed by atoms with Crippen LogP contribution in [0.1, 0.15) is 18.9 Å². The second-order valence-corrected chi connectivity index (χ2v) is 3.27. The average Bonchev–Trinajstić information content (AvgIpc) is 2.18. The monoisotopic (exact) mass is 264 g/mol. The summed E-state index contributed by atoms with van der Waals surface area (Å²) in [5.74, 6) is 0.771. The summed E-state index contributed by atoms with van der Waals surface area (Å²) in [6.07, 6.45) is 8.39. The molecular formula is C11H18Cl2N2O. The summed E-state index contributed by atoms with van der Waals surface area (Å²) >= 11 is 0. The van der Waals surface area contributed by atoms with Gasteiger partial charge in [-0.05, 0) is 25.0 Å². The molecule has 3 nitrogen and oxygen atoms in total. The normalized spacial score (nSPS) is 11.4. The number of nitrogens with two attached hydrogens (primary N) is 1. The van der Waals surface area contributed by atoms with E-state index in [9.17, 15) is 0 Å². The van der Waals surface area contributed by atoms with Gasteiger partial charge >= 0.3 is 0 Å². The Kier molecular flexibility index (Phi) is 10.4. The lowest BCUT2D eigenvalue weighted by Crippen LogP contribution is -2.12. The number of hydrogen-bond donors (Lipinski definition) is 1. The van der Waals surface area contributed by atoms with Crippen LogP contribution in [0.25, 0.3) is 6.08 Å². The Morgan fingerprint density at radius 3 is 2.69 bits per heavy atom. The van der Waals surface area contributed by atoms with Gasteiger partial charge in [-0.2, -0.15) is 0 Å². The van der Waals surface area contributed by atoms with Crippen molar-refractivity contribution in [2.24, 2.45) is 5.73 Å². The summed E-state index contributed by atoms with van der Waals surface area (Å²) in [4.78, 5) is 4.05. The first-order valence-electron chi connectivity index (χ1n) is 4.63. The molecule has 1 rings (SSSR count). The molecule has 92 valence electrons.